The molecular weight excluding hydrogens is 329 g/mol. The molecule has 23 heavy (non-hydrogen) atoms. The van der Waals surface area contributed by atoms with E-state index in [0.29, 0.717) is 23.4 Å². The molecule has 0 unspecified atom stereocenters. The lowest BCUT2D eigenvalue weighted by atomic mass is 10.1. The predicted molar refractivity (Wildman–Crippen MR) is 98.6 cm³/mol. The number of rotatable bonds is 8. The minimum absolute atomic E-state index is 0.0628. The monoisotopic (exact) mass is 349 g/mol. The van der Waals surface area contributed by atoms with Gasteiger partial charge in [-0.05, 0) is 35.6 Å². The Morgan fingerprint density at radius 1 is 1.09 bits per heavy atom. The molecule has 0 fully saturated rings. The lowest BCUT2D eigenvalue weighted by Crippen LogP contribution is -2.25. The van der Waals surface area contributed by atoms with Crippen LogP contribution in [0, 0.1) is 5.82 Å². The van der Waals surface area contributed by atoms with Crippen molar-refractivity contribution in [3.05, 3.63) is 71.0 Å². The summed E-state index contributed by atoms with van der Waals surface area (Å²) in [5, 5.41) is 2.89. The van der Waals surface area contributed by atoms with E-state index < -0.39 is 0 Å². The first kappa shape index (κ1) is 17.9. The van der Waals surface area contributed by atoms with Gasteiger partial charge in [0.05, 0.1) is 0 Å². The van der Waals surface area contributed by atoms with Crippen molar-refractivity contribution in [2.45, 2.75) is 11.5 Å². The van der Waals surface area contributed by atoms with Gasteiger partial charge in [-0.1, -0.05) is 30.3 Å². The number of amides is 1. The van der Waals surface area contributed by atoms with Gasteiger partial charge in [0.25, 0.3) is 5.91 Å². The summed E-state index contributed by atoms with van der Waals surface area (Å²) in [5.74, 6) is 2.09. The van der Waals surface area contributed by atoms with Crippen LogP contribution in [0.15, 0.2) is 48.5 Å². The molecular formula is C18H20FNOS2. The van der Waals surface area contributed by atoms with Crippen LogP contribution in [0.25, 0.3) is 0 Å². The Morgan fingerprint density at radius 2 is 1.83 bits per heavy atom. The summed E-state index contributed by atoms with van der Waals surface area (Å²) in [7, 11) is 0. The van der Waals surface area contributed by atoms with Gasteiger partial charge in [0.1, 0.15) is 5.82 Å². The van der Waals surface area contributed by atoms with Gasteiger partial charge >= 0.3 is 0 Å². The summed E-state index contributed by atoms with van der Waals surface area (Å²) in [6.45, 7) is 0.574. The van der Waals surface area contributed by atoms with Gasteiger partial charge in [-0.25, -0.2) is 4.39 Å². The van der Waals surface area contributed by atoms with Gasteiger partial charge in [-0.3, -0.25) is 4.79 Å². The second-order valence-corrected chi connectivity index (χ2v) is 7.00. The molecule has 0 radical (unpaired) electrons. The number of hydrogen-bond acceptors (Lipinski definition) is 3. The van der Waals surface area contributed by atoms with Crippen molar-refractivity contribution < 1.29 is 9.18 Å². The molecule has 122 valence electrons. The van der Waals surface area contributed by atoms with E-state index in [1.54, 1.807) is 35.7 Å². The van der Waals surface area contributed by atoms with Gasteiger partial charge < -0.3 is 5.32 Å². The van der Waals surface area contributed by atoms with Crippen LogP contribution in [0.5, 0.6) is 0 Å². The van der Waals surface area contributed by atoms with Crippen LogP contribution >= 0.6 is 23.5 Å². The quantitative estimate of drug-likeness (QED) is 0.718. The normalized spacial score (nSPS) is 10.5. The first-order valence-corrected chi connectivity index (χ1v) is 9.93. The lowest BCUT2D eigenvalue weighted by molar-refractivity contribution is 0.0956. The Balaban J connectivity index is 1.69. The van der Waals surface area contributed by atoms with E-state index in [1.165, 1.54) is 11.6 Å². The second-order valence-electron chi connectivity index (χ2n) is 5.03. The van der Waals surface area contributed by atoms with Crippen molar-refractivity contribution in [3.63, 3.8) is 0 Å². The van der Waals surface area contributed by atoms with Crippen LogP contribution < -0.4 is 5.32 Å². The second kappa shape index (κ2) is 9.63. The van der Waals surface area contributed by atoms with Crippen LogP contribution in [0.3, 0.4) is 0 Å². The van der Waals surface area contributed by atoms with Gasteiger partial charge in [-0.2, -0.15) is 23.5 Å². The smallest absolute Gasteiger partial charge is 0.251 e. The molecule has 0 saturated heterocycles. The molecule has 2 aromatic carbocycles. The van der Waals surface area contributed by atoms with Crippen LogP contribution in [-0.2, 0) is 11.5 Å². The van der Waals surface area contributed by atoms with Crippen molar-refractivity contribution in [1.29, 1.82) is 0 Å². The maximum atomic E-state index is 13.5. The molecule has 0 atom stereocenters. The fourth-order valence-electron chi connectivity index (χ4n) is 2.06. The molecule has 1 N–H and O–H groups in total. The number of carbonyl (C=O) groups excluding carboxylic acids is 1. The van der Waals surface area contributed by atoms with Gasteiger partial charge in [-0.15, -0.1) is 0 Å². The molecule has 5 heteroatoms. The zero-order chi connectivity index (χ0) is 16.5. The van der Waals surface area contributed by atoms with Crippen LogP contribution in [-0.4, -0.2) is 24.5 Å². The highest BCUT2D eigenvalue weighted by Crippen LogP contribution is 2.15. The van der Waals surface area contributed by atoms with Gasteiger partial charge in [0, 0.05) is 29.4 Å². The maximum Gasteiger partial charge on any atom is 0.251 e. The van der Waals surface area contributed by atoms with E-state index >= 15 is 0 Å². The third-order valence-corrected chi connectivity index (χ3v) is 4.90. The van der Waals surface area contributed by atoms with E-state index in [4.69, 9.17) is 0 Å². The van der Waals surface area contributed by atoms with Crippen LogP contribution in [0.2, 0.25) is 0 Å². The number of nitrogens with one attached hydrogen (secondary N) is 1. The molecule has 0 saturated carbocycles. The van der Waals surface area contributed by atoms with Crippen LogP contribution in [0.1, 0.15) is 21.5 Å². The van der Waals surface area contributed by atoms with Gasteiger partial charge in [0.2, 0.25) is 0 Å². The summed E-state index contributed by atoms with van der Waals surface area (Å²) in [6, 6.07) is 14.5. The minimum atomic E-state index is -0.172. The Bertz CT molecular complexity index is 631. The summed E-state index contributed by atoms with van der Waals surface area (Å²) in [4.78, 5) is 12.0. The topological polar surface area (TPSA) is 29.1 Å². The third-order valence-electron chi connectivity index (χ3n) is 3.27. The average Bonchev–Trinajstić information content (AvgIpc) is 2.57. The van der Waals surface area contributed by atoms with E-state index in [0.717, 1.165) is 11.5 Å². The standard InChI is InChI=1S/C18H20FNOS2/c1-22-12-14-6-8-15(9-7-14)18(21)20-10-11-23-13-16-4-2-3-5-17(16)19/h2-9H,10-13H2,1H3,(H,20,21). The largest absolute Gasteiger partial charge is 0.351 e. The highest BCUT2D eigenvalue weighted by Gasteiger charge is 2.05. The Kier molecular flexibility index (Phi) is 7.49. The fraction of sp³-hybridized carbons (Fsp3) is 0.278. The number of carbonyl (C=O) groups is 1. The molecule has 0 spiro atoms. The maximum absolute atomic E-state index is 13.5. The summed E-state index contributed by atoms with van der Waals surface area (Å²) in [6.07, 6.45) is 2.06. The molecule has 2 rings (SSSR count). The predicted octanol–water partition coefficient (Wildman–Crippen LogP) is 4.35. The number of benzene rings is 2. The Morgan fingerprint density at radius 3 is 2.52 bits per heavy atom. The summed E-state index contributed by atoms with van der Waals surface area (Å²) < 4.78 is 13.5. The van der Waals surface area contributed by atoms with E-state index in [9.17, 15) is 9.18 Å². The van der Waals surface area contributed by atoms with Crippen molar-refractivity contribution in [2.75, 3.05) is 18.6 Å². The van der Waals surface area contributed by atoms with Crippen LogP contribution in [0.4, 0.5) is 4.39 Å². The minimum Gasteiger partial charge on any atom is -0.351 e. The molecule has 1 amide bonds. The highest BCUT2D eigenvalue weighted by atomic mass is 32.2. The Labute approximate surface area is 145 Å². The first-order valence-electron chi connectivity index (χ1n) is 7.38. The number of hydrogen-bond donors (Lipinski definition) is 1. The van der Waals surface area contributed by atoms with Crippen molar-refractivity contribution in [2.24, 2.45) is 0 Å². The van der Waals surface area contributed by atoms with Gasteiger partial charge in [0.15, 0.2) is 0 Å². The number of thioether (sulfide) groups is 2. The van der Waals surface area contributed by atoms with E-state index in [-0.39, 0.29) is 11.7 Å². The zero-order valence-corrected chi connectivity index (χ0v) is 14.7. The molecule has 0 bridgehead atoms. The molecule has 0 aliphatic carbocycles. The molecule has 0 aromatic heterocycles. The average molecular weight is 349 g/mol. The summed E-state index contributed by atoms with van der Waals surface area (Å²) in [5.41, 5.74) is 2.59. The molecule has 0 heterocycles. The summed E-state index contributed by atoms with van der Waals surface area (Å²) >= 11 is 3.37. The first-order chi connectivity index (χ1) is 11.2. The molecule has 2 aromatic rings. The van der Waals surface area contributed by atoms with Crippen molar-refractivity contribution in [3.8, 4) is 0 Å². The molecule has 0 aliphatic rings. The van der Waals surface area contributed by atoms with Crippen molar-refractivity contribution >= 4 is 29.4 Å². The van der Waals surface area contributed by atoms with E-state index in [1.807, 2.05) is 30.3 Å². The zero-order valence-electron chi connectivity index (χ0n) is 13.0. The third kappa shape index (κ3) is 5.92. The lowest BCUT2D eigenvalue weighted by Gasteiger charge is -2.07. The van der Waals surface area contributed by atoms with E-state index in [2.05, 4.69) is 11.6 Å². The number of halogens is 1. The fourth-order valence-corrected chi connectivity index (χ4v) is 3.43. The molecule has 2 nitrogen and oxygen atoms in total. The Hall–Kier alpha value is -1.46. The van der Waals surface area contributed by atoms with Crippen molar-refractivity contribution in [1.82, 2.24) is 5.32 Å². The SMILES string of the molecule is CSCc1ccc(C(=O)NCCSCc2ccccc2F)cc1. The highest BCUT2D eigenvalue weighted by molar-refractivity contribution is 7.98. The molecule has 0 aliphatic heterocycles.